The summed E-state index contributed by atoms with van der Waals surface area (Å²) in [7, 11) is 0. The van der Waals surface area contributed by atoms with Gasteiger partial charge in [0.2, 0.25) is 5.95 Å². The Kier molecular flexibility index (Phi) is 3.15. The maximum atomic E-state index is 4.91. The van der Waals surface area contributed by atoms with Crippen molar-refractivity contribution >= 4 is 17.0 Å². The molecular weight excluding hydrogens is 270 g/mol. The van der Waals surface area contributed by atoms with Crippen LogP contribution >= 0.6 is 0 Å². The van der Waals surface area contributed by atoms with Crippen molar-refractivity contribution in [2.24, 2.45) is 0 Å². The second-order valence-electron chi connectivity index (χ2n) is 8.16. The van der Waals surface area contributed by atoms with Crippen LogP contribution in [0.4, 0.5) is 5.95 Å². The van der Waals surface area contributed by atoms with Gasteiger partial charge in [-0.1, -0.05) is 40.7 Å². The number of hydrogen-bond acceptors (Lipinski definition) is 2. The molecule has 3 nitrogen and oxygen atoms in total. The molecule has 22 heavy (non-hydrogen) atoms. The molecule has 1 N–H and O–H groups in total. The van der Waals surface area contributed by atoms with Crippen LogP contribution in [0.25, 0.3) is 11.0 Å². The molecule has 120 valence electrons. The zero-order valence-electron chi connectivity index (χ0n) is 15.0. The molecule has 0 spiro atoms. The lowest BCUT2D eigenvalue weighted by Gasteiger charge is -2.40. The van der Waals surface area contributed by atoms with E-state index in [0.717, 1.165) is 24.3 Å². The molecule has 0 amide bonds. The first-order valence-electron chi connectivity index (χ1n) is 8.48. The molecule has 0 fully saturated rings. The van der Waals surface area contributed by atoms with Gasteiger partial charge in [-0.05, 0) is 49.8 Å². The monoisotopic (exact) mass is 299 g/mol. The minimum absolute atomic E-state index is 0.0507. The highest BCUT2D eigenvalue weighted by atomic mass is 15.4. The average molecular weight is 299 g/mol. The number of imidazole rings is 1. The number of benzene rings is 1. The van der Waals surface area contributed by atoms with Gasteiger partial charge >= 0.3 is 0 Å². The Balaban J connectivity index is 2.22. The number of rotatable bonds is 2. The molecule has 1 aromatic carbocycles. The Bertz CT molecular complexity index is 722. The highest BCUT2D eigenvalue weighted by molar-refractivity contribution is 5.81. The lowest BCUT2D eigenvalue weighted by molar-refractivity contribution is 0.208. The molecule has 0 saturated carbocycles. The van der Waals surface area contributed by atoms with E-state index < -0.39 is 0 Å². The first-order chi connectivity index (χ1) is 10.2. The standard InChI is InChI=1S/C19H29N3/c1-8-18(6)19(7,9-2)22-15-11-10-13(17(3,4)5)12-14(15)20-16(22)21-18/h10-12H,8-9H2,1-7H3,(H,20,21). The van der Waals surface area contributed by atoms with Crippen LogP contribution in [0.2, 0.25) is 0 Å². The molecule has 2 heterocycles. The third-order valence-electron chi connectivity index (χ3n) is 5.99. The SMILES string of the molecule is CCC1(C)Nc2nc3cc(C(C)(C)C)ccc3n2C1(C)CC. The van der Waals surface area contributed by atoms with Crippen LogP contribution in [0.1, 0.15) is 66.9 Å². The molecule has 1 aromatic heterocycles. The summed E-state index contributed by atoms with van der Waals surface area (Å²) < 4.78 is 2.43. The van der Waals surface area contributed by atoms with Crippen LogP contribution in [0, 0.1) is 0 Å². The van der Waals surface area contributed by atoms with Crippen molar-refractivity contribution < 1.29 is 0 Å². The van der Waals surface area contributed by atoms with Crippen LogP contribution < -0.4 is 5.32 Å². The fraction of sp³-hybridized carbons (Fsp3) is 0.632. The van der Waals surface area contributed by atoms with Crippen molar-refractivity contribution in [3.05, 3.63) is 23.8 Å². The van der Waals surface area contributed by atoms with E-state index in [0.29, 0.717) is 0 Å². The third-order valence-corrected chi connectivity index (χ3v) is 5.99. The van der Waals surface area contributed by atoms with E-state index in [1.807, 2.05) is 0 Å². The summed E-state index contributed by atoms with van der Waals surface area (Å²) in [4.78, 5) is 4.91. The Labute approximate surface area is 134 Å². The van der Waals surface area contributed by atoms with Gasteiger partial charge in [0.1, 0.15) is 0 Å². The zero-order chi connectivity index (χ0) is 16.3. The minimum atomic E-state index is 0.0507. The Morgan fingerprint density at radius 1 is 1.14 bits per heavy atom. The highest BCUT2D eigenvalue weighted by Crippen LogP contribution is 2.47. The lowest BCUT2D eigenvalue weighted by atomic mass is 9.76. The number of nitrogens with one attached hydrogen (secondary N) is 1. The predicted octanol–water partition coefficient (Wildman–Crippen LogP) is 5.05. The molecule has 3 rings (SSSR count). The molecule has 0 radical (unpaired) electrons. The second-order valence-corrected chi connectivity index (χ2v) is 8.16. The number of fused-ring (bicyclic) bond motifs is 3. The van der Waals surface area contributed by atoms with Crippen LogP contribution in [-0.4, -0.2) is 15.1 Å². The number of hydrogen-bond donors (Lipinski definition) is 1. The highest BCUT2D eigenvalue weighted by Gasteiger charge is 2.51. The average Bonchev–Trinajstić information content (AvgIpc) is 2.91. The van der Waals surface area contributed by atoms with Gasteiger partial charge in [-0.2, -0.15) is 0 Å². The minimum Gasteiger partial charge on any atom is -0.348 e. The van der Waals surface area contributed by atoms with Crippen molar-refractivity contribution in [1.82, 2.24) is 9.55 Å². The van der Waals surface area contributed by atoms with Gasteiger partial charge in [0, 0.05) is 0 Å². The summed E-state index contributed by atoms with van der Waals surface area (Å²) >= 11 is 0. The zero-order valence-corrected chi connectivity index (χ0v) is 15.0. The molecule has 2 atom stereocenters. The normalized spacial score (nSPS) is 28.0. The quantitative estimate of drug-likeness (QED) is 0.840. The molecule has 2 unspecified atom stereocenters. The van der Waals surface area contributed by atoms with E-state index >= 15 is 0 Å². The molecule has 3 heteroatoms. The maximum Gasteiger partial charge on any atom is 0.204 e. The van der Waals surface area contributed by atoms with Gasteiger partial charge in [-0.3, -0.25) is 0 Å². The lowest BCUT2D eigenvalue weighted by Crippen LogP contribution is -2.50. The molecule has 0 saturated heterocycles. The van der Waals surface area contributed by atoms with Gasteiger partial charge in [0.25, 0.3) is 0 Å². The van der Waals surface area contributed by atoms with Crippen LogP contribution in [0.15, 0.2) is 18.2 Å². The fourth-order valence-electron chi connectivity index (χ4n) is 3.78. The van der Waals surface area contributed by atoms with Gasteiger partial charge in [-0.25, -0.2) is 4.98 Å². The molecular formula is C19H29N3. The smallest absolute Gasteiger partial charge is 0.204 e. The topological polar surface area (TPSA) is 29.9 Å². The predicted molar refractivity (Wildman–Crippen MR) is 94.7 cm³/mol. The van der Waals surface area contributed by atoms with Crippen molar-refractivity contribution in [2.45, 2.75) is 77.8 Å². The maximum absolute atomic E-state index is 4.91. The van der Waals surface area contributed by atoms with E-state index in [1.54, 1.807) is 0 Å². The van der Waals surface area contributed by atoms with Gasteiger partial charge < -0.3 is 9.88 Å². The summed E-state index contributed by atoms with van der Waals surface area (Å²) in [5, 5.41) is 3.70. The summed E-state index contributed by atoms with van der Waals surface area (Å²) in [5.41, 5.74) is 3.95. The van der Waals surface area contributed by atoms with Crippen LogP contribution in [0.5, 0.6) is 0 Å². The Hall–Kier alpha value is -1.51. The van der Waals surface area contributed by atoms with E-state index in [-0.39, 0.29) is 16.5 Å². The summed E-state index contributed by atoms with van der Waals surface area (Å²) in [6.07, 6.45) is 2.17. The third kappa shape index (κ3) is 1.84. The summed E-state index contributed by atoms with van der Waals surface area (Å²) in [5.74, 6) is 1.02. The van der Waals surface area contributed by atoms with E-state index in [9.17, 15) is 0 Å². The largest absolute Gasteiger partial charge is 0.348 e. The van der Waals surface area contributed by atoms with Crippen molar-refractivity contribution in [3.63, 3.8) is 0 Å². The first-order valence-corrected chi connectivity index (χ1v) is 8.48. The molecule has 2 aromatic rings. The van der Waals surface area contributed by atoms with Crippen LogP contribution in [-0.2, 0) is 11.0 Å². The van der Waals surface area contributed by atoms with Gasteiger partial charge in [0.15, 0.2) is 0 Å². The van der Waals surface area contributed by atoms with Gasteiger partial charge in [0.05, 0.1) is 22.1 Å². The molecule has 0 bridgehead atoms. The van der Waals surface area contributed by atoms with Crippen LogP contribution in [0.3, 0.4) is 0 Å². The number of nitrogens with zero attached hydrogens (tertiary/aromatic N) is 2. The molecule has 1 aliphatic rings. The molecule has 0 aliphatic carbocycles. The van der Waals surface area contributed by atoms with E-state index in [2.05, 4.69) is 76.5 Å². The Morgan fingerprint density at radius 2 is 1.82 bits per heavy atom. The van der Waals surface area contributed by atoms with Crippen molar-refractivity contribution in [1.29, 1.82) is 0 Å². The number of aromatic nitrogens is 2. The summed E-state index contributed by atoms with van der Waals surface area (Å²) in [6, 6.07) is 6.76. The number of anilines is 1. The second kappa shape index (κ2) is 4.50. The van der Waals surface area contributed by atoms with Crippen molar-refractivity contribution in [3.8, 4) is 0 Å². The van der Waals surface area contributed by atoms with E-state index in [1.165, 1.54) is 11.1 Å². The van der Waals surface area contributed by atoms with Crippen molar-refractivity contribution in [2.75, 3.05) is 5.32 Å². The fourth-order valence-corrected chi connectivity index (χ4v) is 3.78. The summed E-state index contributed by atoms with van der Waals surface area (Å²) in [6.45, 7) is 16.0. The Morgan fingerprint density at radius 3 is 2.36 bits per heavy atom. The first kappa shape index (κ1) is 15.4. The molecule has 1 aliphatic heterocycles. The van der Waals surface area contributed by atoms with Gasteiger partial charge in [-0.15, -0.1) is 0 Å². The van der Waals surface area contributed by atoms with E-state index in [4.69, 9.17) is 4.98 Å².